The van der Waals surface area contributed by atoms with Gasteiger partial charge in [-0.2, -0.15) is 0 Å². The number of benzene rings is 2. The van der Waals surface area contributed by atoms with Crippen LogP contribution in [0.2, 0.25) is 5.02 Å². The molecule has 1 heterocycles. The van der Waals surface area contributed by atoms with E-state index in [9.17, 15) is 34.1 Å². The van der Waals surface area contributed by atoms with Crippen molar-refractivity contribution >= 4 is 46.9 Å². The number of halogens is 1. The van der Waals surface area contributed by atoms with Crippen molar-refractivity contribution in [2.45, 2.75) is 6.42 Å². The van der Waals surface area contributed by atoms with E-state index in [-0.39, 0.29) is 34.8 Å². The highest BCUT2D eigenvalue weighted by Crippen LogP contribution is 2.18. The summed E-state index contributed by atoms with van der Waals surface area (Å²) < 4.78 is 4.89. The van der Waals surface area contributed by atoms with Gasteiger partial charge in [0.15, 0.2) is 6.61 Å². The van der Waals surface area contributed by atoms with Gasteiger partial charge >= 0.3 is 5.97 Å². The molecule has 0 aliphatic carbocycles. The highest BCUT2D eigenvalue weighted by atomic mass is 35.5. The van der Waals surface area contributed by atoms with Crippen LogP contribution in [0.25, 0.3) is 0 Å². The van der Waals surface area contributed by atoms with E-state index in [1.165, 1.54) is 24.3 Å². The molecule has 4 amide bonds. The molecule has 1 fully saturated rings. The molecular weight excluding hydrogens is 486 g/mol. The van der Waals surface area contributed by atoms with Crippen LogP contribution in [0.15, 0.2) is 48.5 Å². The molecule has 1 aliphatic rings. The number of rotatable bonds is 7. The fraction of sp³-hybridized carbons (Fsp3) is 0.190. The van der Waals surface area contributed by atoms with E-state index in [1.54, 1.807) is 12.1 Å². The third-order valence-electron chi connectivity index (χ3n) is 4.81. The van der Waals surface area contributed by atoms with Gasteiger partial charge in [-0.25, -0.2) is 0 Å². The molecule has 3 rings (SSSR count). The largest absolute Gasteiger partial charge is 0.455 e. The molecule has 3 N–H and O–H groups in total. The van der Waals surface area contributed by atoms with Crippen LogP contribution in [-0.4, -0.2) is 52.7 Å². The van der Waals surface area contributed by atoms with Crippen LogP contribution in [0.5, 0.6) is 0 Å². The summed E-state index contributed by atoms with van der Waals surface area (Å²) in [6.45, 7) is -0.914. The first-order valence-corrected chi connectivity index (χ1v) is 10.4. The summed E-state index contributed by atoms with van der Waals surface area (Å²) in [4.78, 5) is 70.6. The summed E-state index contributed by atoms with van der Waals surface area (Å²) in [5.74, 6) is -4.54. The fourth-order valence-electron chi connectivity index (χ4n) is 3.03. The molecule has 2 aromatic rings. The van der Waals surface area contributed by atoms with Gasteiger partial charge in [-0.15, -0.1) is 0 Å². The van der Waals surface area contributed by atoms with Crippen molar-refractivity contribution in [2.75, 3.05) is 13.2 Å². The van der Waals surface area contributed by atoms with E-state index >= 15 is 0 Å². The zero-order chi connectivity index (χ0) is 25.5. The van der Waals surface area contributed by atoms with Crippen molar-refractivity contribution in [2.24, 2.45) is 5.92 Å². The molecule has 35 heavy (non-hydrogen) atoms. The van der Waals surface area contributed by atoms with Gasteiger partial charge in [0.05, 0.1) is 28.0 Å². The lowest BCUT2D eigenvalue weighted by molar-refractivity contribution is -0.384. The summed E-state index contributed by atoms with van der Waals surface area (Å²) in [5, 5.41) is 11.8. The Balaban J connectivity index is 1.44. The number of ether oxygens (including phenoxy) is 1. The minimum absolute atomic E-state index is 0.0740. The number of nitrogens with one attached hydrogen (secondary N) is 3. The van der Waals surface area contributed by atoms with Gasteiger partial charge < -0.3 is 4.74 Å². The number of amides is 4. The molecule has 0 saturated carbocycles. The van der Waals surface area contributed by atoms with Gasteiger partial charge in [0.2, 0.25) is 5.91 Å². The quantitative estimate of drug-likeness (QED) is 0.281. The Morgan fingerprint density at radius 3 is 2.40 bits per heavy atom. The maximum atomic E-state index is 12.3. The summed E-state index contributed by atoms with van der Waals surface area (Å²) in [7, 11) is 0. The van der Waals surface area contributed by atoms with Gasteiger partial charge in [0, 0.05) is 24.1 Å². The van der Waals surface area contributed by atoms with Crippen LogP contribution in [0, 0.1) is 16.0 Å². The minimum Gasteiger partial charge on any atom is -0.455 e. The highest BCUT2D eigenvalue weighted by molar-refractivity contribution is 6.33. The van der Waals surface area contributed by atoms with Crippen molar-refractivity contribution < 1.29 is 33.6 Å². The zero-order valence-corrected chi connectivity index (χ0v) is 18.6. The maximum Gasteiger partial charge on any atom is 0.311 e. The Bertz CT molecular complexity index is 1190. The number of hydrogen-bond acceptors (Lipinski definition) is 8. The van der Waals surface area contributed by atoms with E-state index in [0.29, 0.717) is 0 Å². The Morgan fingerprint density at radius 2 is 1.74 bits per heavy atom. The zero-order valence-electron chi connectivity index (χ0n) is 17.9. The molecule has 1 atom stereocenters. The number of hydrazine groups is 2. The molecule has 0 unspecified atom stereocenters. The number of esters is 1. The highest BCUT2D eigenvalue weighted by Gasteiger charge is 2.36. The Labute approximate surface area is 202 Å². The number of carbonyl (C=O) groups is 5. The molecule has 14 heteroatoms. The Hall–Kier alpha value is -4.52. The summed E-state index contributed by atoms with van der Waals surface area (Å²) >= 11 is 5.89. The molecule has 0 radical (unpaired) electrons. The predicted octanol–water partition coefficient (Wildman–Crippen LogP) is 0.746. The van der Waals surface area contributed by atoms with Gasteiger partial charge in [0.1, 0.15) is 0 Å². The minimum atomic E-state index is -0.940. The Morgan fingerprint density at radius 1 is 1.06 bits per heavy atom. The second-order valence-electron chi connectivity index (χ2n) is 7.24. The molecule has 13 nitrogen and oxygen atoms in total. The summed E-state index contributed by atoms with van der Waals surface area (Å²) in [5.41, 5.74) is 6.54. The third-order valence-corrected chi connectivity index (χ3v) is 5.14. The first-order chi connectivity index (χ1) is 16.7. The van der Waals surface area contributed by atoms with Crippen LogP contribution in [-0.2, 0) is 19.1 Å². The number of non-ortho nitro benzene ring substituents is 1. The Kier molecular flexibility index (Phi) is 7.94. The van der Waals surface area contributed by atoms with Crippen molar-refractivity contribution in [3.63, 3.8) is 0 Å². The summed E-state index contributed by atoms with van der Waals surface area (Å²) in [6.07, 6.45) is -0.260. The average molecular weight is 504 g/mol. The molecule has 182 valence electrons. The third kappa shape index (κ3) is 6.51. The maximum absolute atomic E-state index is 12.3. The van der Waals surface area contributed by atoms with Crippen LogP contribution in [0.4, 0.5) is 5.69 Å². The number of nitro groups is 1. The molecule has 0 aromatic heterocycles. The topological polar surface area (TPSA) is 177 Å². The van der Waals surface area contributed by atoms with Crippen LogP contribution in [0.1, 0.15) is 27.1 Å². The molecule has 1 aliphatic heterocycles. The molecule has 0 spiro atoms. The van der Waals surface area contributed by atoms with E-state index in [4.69, 9.17) is 16.3 Å². The van der Waals surface area contributed by atoms with Gasteiger partial charge in [-0.05, 0) is 24.3 Å². The van der Waals surface area contributed by atoms with Gasteiger partial charge in [0.25, 0.3) is 23.4 Å². The number of hydrogen-bond donors (Lipinski definition) is 3. The monoisotopic (exact) mass is 503 g/mol. The smallest absolute Gasteiger partial charge is 0.311 e. The van der Waals surface area contributed by atoms with Gasteiger partial charge in [-0.3, -0.25) is 55.4 Å². The standard InChI is InChI=1S/C21H18ClN5O8/c22-16-4-2-1-3-15(16)20(31)24-23-17(28)11-35-21(32)13-9-18(29)26(10-13)25-19(30)12-5-7-14(8-6-12)27(33)34/h1-8,13H,9-11H2,(H,23,28)(H,24,31)(H,25,30)/t13-/m1/s1. The lowest BCUT2D eigenvalue weighted by atomic mass is 10.1. The second-order valence-corrected chi connectivity index (χ2v) is 7.65. The van der Waals surface area contributed by atoms with Crippen LogP contribution < -0.4 is 16.3 Å². The fourth-order valence-corrected chi connectivity index (χ4v) is 3.25. The first-order valence-electron chi connectivity index (χ1n) is 10.0. The number of nitro benzene ring substituents is 1. The predicted molar refractivity (Wildman–Crippen MR) is 118 cm³/mol. The van der Waals surface area contributed by atoms with E-state index in [0.717, 1.165) is 17.1 Å². The lowest BCUT2D eigenvalue weighted by Crippen LogP contribution is -2.44. The lowest BCUT2D eigenvalue weighted by Gasteiger charge is -2.17. The van der Waals surface area contributed by atoms with E-state index in [1.807, 2.05) is 0 Å². The molecule has 0 bridgehead atoms. The van der Waals surface area contributed by atoms with Crippen LogP contribution >= 0.6 is 11.6 Å². The number of carbonyl (C=O) groups excluding carboxylic acids is 5. The molecular formula is C21H18ClN5O8. The van der Waals surface area contributed by atoms with Crippen molar-refractivity contribution in [3.05, 3.63) is 74.8 Å². The normalized spacial score (nSPS) is 14.7. The van der Waals surface area contributed by atoms with Crippen LogP contribution in [0.3, 0.4) is 0 Å². The van der Waals surface area contributed by atoms with E-state index in [2.05, 4.69) is 16.3 Å². The average Bonchev–Trinajstić information content (AvgIpc) is 3.21. The first kappa shape index (κ1) is 25.1. The summed E-state index contributed by atoms with van der Waals surface area (Å²) in [6, 6.07) is 10.9. The SMILES string of the molecule is O=C(COC(=O)[C@@H]1CC(=O)N(NC(=O)c2ccc([N+](=O)[O-])cc2)C1)NNC(=O)c1ccccc1Cl. The van der Waals surface area contributed by atoms with Crippen molar-refractivity contribution in [3.8, 4) is 0 Å². The van der Waals surface area contributed by atoms with Gasteiger partial charge in [-0.1, -0.05) is 23.7 Å². The van der Waals surface area contributed by atoms with Crippen molar-refractivity contribution in [1.29, 1.82) is 0 Å². The van der Waals surface area contributed by atoms with Crippen molar-refractivity contribution in [1.82, 2.24) is 21.3 Å². The molecule has 2 aromatic carbocycles. The molecule has 1 saturated heterocycles. The second kappa shape index (κ2) is 11.1. The number of nitrogens with zero attached hydrogens (tertiary/aromatic N) is 2. The van der Waals surface area contributed by atoms with E-state index < -0.39 is 47.0 Å².